The quantitative estimate of drug-likeness (QED) is 0.273. The Hall–Kier alpha value is -0.520. The first-order chi connectivity index (χ1) is 8.85. The smallest absolute Gasteiger partial charge is 0.148 e. The molecular weight excluding hydrogens is 224 g/mol. The number of hydrogen-bond donors (Lipinski definition) is 0. The van der Waals surface area contributed by atoms with Crippen molar-refractivity contribution in [1.29, 1.82) is 0 Å². The van der Waals surface area contributed by atoms with Crippen LogP contribution in [0.2, 0.25) is 0 Å². The van der Waals surface area contributed by atoms with E-state index in [2.05, 4.69) is 12.8 Å². The van der Waals surface area contributed by atoms with Crippen LogP contribution in [-0.4, -0.2) is 20.0 Å². The second-order valence-electron chi connectivity index (χ2n) is 4.85. The summed E-state index contributed by atoms with van der Waals surface area (Å²) in [5.74, 6) is 2.66. The molecule has 0 aliphatic carbocycles. The summed E-state index contributed by atoms with van der Waals surface area (Å²) in [5.41, 5.74) is 0. The molecule has 2 heteroatoms. The molecule has 0 aromatic carbocycles. The predicted octanol–water partition coefficient (Wildman–Crippen LogP) is 4.53. The zero-order valence-electron chi connectivity index (χ0n) is 12.2. The van der Waals surface area contributed by atoms with Gasteiger partial charge in [0.2, 0.25) is 0 Å². The Balaban J connectivity index is 3.21. The van der Waals surface area contributed by atoms with E-state index in [4.69, 9.17) is 15.9 Å². The second-order valence-corrected chi connectivity index (χ2v) is 4.85. The van der Waals surface area contributed by atoms with Gasteiger partial charge in [-0.1, -0.05) is 64.2 Å². The molecule has 0 rings (SSSR count). The number of rotatable bonds is 13. The van der Waals surface area contributed by atoms with Crippen molar-refractivity contribution in [2.45, 2.75) is 77.2 Å². The van der Waals surface area contributed by atoms with Crippen molar-refractivity contribution in [3.8, 4) is 12.3 Å². The van der Waals surface area contributed by atoms with Crippen LogP contribution in [0.5, 0.6) is 0 Å². The summed E-state index contributed by atoms with van der Waals surface area (Å²) in [6, 6.07) is 0. The predicted molar refractivity (Wildman–Crippen MR) is 77.4 cm³/mol. The highest BCUT2D eigenvalue weighted by Crippen LogP contribution is 2.12. The fourth-order valence-corrected chi connectivity index (χ4v) is 2.01. The van der Waals surface area contributed by atoms with Crippen molar-refractivity contribution in [2.24, 2.45) is 0 Å². The Morgan fingerprint density at radius 1 is 0.944 bits per heavy atom. The highest BCUT2D eigenvalue weighted by molar-refractivity contribution is 4.94. The highest BCUT2D eigenvalue weighted by atomic mass is 16.7. The SMILES string of the molecule is C#CC(CCCCCCCCCCC)OCOC. The van der Waals surface area contributed by atoms with Gasteiger partial charge in [-0.2, -0.15) is 0 Å². The number of methoxy groups -OCH3 is 1. The molecule has 0 N–H and O–H groups in total. The lowest BCUT2D eigenvalue weighted by Crippen LogP contribution is -2.12. The fraction of sp³-hybridized carbons (Fsp3) is 0.875. The number of ether oxygens (including phenoxy) is 2. The van der Waals surface area contributed by atoms with Crippen LogP contribution in [0.1, 0.15) is 71.1 Å². The van der Waals surface area contributed by atoms with Crippen LogP contribution in [0.3, 0.4) is 0 Å². The molecule has 0 fully saturated rings. The summed E-state index contributed by atoms with van der Waals surface area (Å²) < 4.78 is 10.2. The lowest BCUT2D eigenvalue weighted by atomic mass is 10.1. The van der Waals surface area contributed by atoms with E-state index in [-0.39, 0.29) is 6.10 Å². The molecule has 0 heterocycles. The molecule has 106 valence electrons. The van der Waals surface area contributed by atoms with Gasteiger partial charge in [0.05, 0.1) is 0 Å². The largest absolute Gasteiger partial charge is 0.359 e. The lowest BCUT2D eigenvalue weighted by molar-refractivity contribution is -0.0548. The molecule has 0 aliphatic rings. The first-order valence-electron chi connectivity index (χ1n) is 7.41. The minimum absolute atomic E-state index is 0.0745. The lowest BCUT2D eigenvalue weighted by Gasteiger charge is -2.10. The van der Waals surface area contributed by atoms with Crippen molar-refractivity contribution < 1.29 is 9.47 Å². The summed E-state index contributed by atoms with van der Waals surface area (Å²) in [7, 11) is 1.62. The molecule has 0 saturated heterocycles. The van der Waals surface area contributed by atoms with E-state index in [1.807, 2.05) is 0 Å². The van der Waals surface area contributed by atoms with Crippen LogP contribution in [0, 0.1) is 12.3 Å². The topological polar surface area (TPSA) is 18.5 Å². The van der Waals surface area contributed by atoms with Gasteiger partial charge in [-0.3, -0.25) is 0 Å². The molecule has 0 amide bonds. The van der Waals surface area contributed by atoms with Crippen molar-refractivity contribution in [1.82, 2.24) is 0 Å². The molecule has 1 unspecified atom stereocenters. The summed E-state index contributed by atoms with van der Waals surface area (Å²) in [6.07, 6.45) is 18.3. The Bertz CT molecular complexity index is 196. The zero-order chi connectivity index (χ0) is 13.5. The van der Waals surface area contributed by atoms with Gasteiger partial charge >= 0.3 is 0 Å². The average Bonchev–Trinajstić information content (AvgIpc) is 2.40. The van der Waals surface area contributed by atoms with Gasteiger partial charge in [0.25, 0.3) is 0 Å². The van der Waals surface area contributed by atoms with Crippen molar-refractivity contribution >= 4 is 0 Å². The summed E-state index contributed by atoms with van der Waals surface area (Å²) in [4.78, 5) is 0. The highest BCUT2D eigenvalue weighted by Gasteiger charge is 2.03. The maximum Gasteiger partial charge on any atom is 0.148 e. The van der Waals surface area contributed by atoms with Gasteiger partial charge in [-0.25, -0.2) is 0 Å². The van der Waals surface area contributed by atoms with Crippen molar-refractivity contribution in [3.63, 3.8) is 0 Å². The van der Waals surface area contributed by atoms with Crippen LogP contribution in [0.4, 0.5) is 0 Å². The molecule has 0 aromatic rings. The normalized spacial score (nSPS) is 12.3. The van der Waals surface area contributed by atoms with Gasteiger partial charge in [-0.05, 0) is 12.8 Å². The van der Waals surface area contributed by atoms with Gasteiger partial charge in [0.15, 0.2) is 0 Å². The Labute approximate surface area is 113 Å². The van der Waals surface area contributed by atoms with Crippen LogP contribution < -0.4 is 0 Å². The van der Waals surface area contributed by atoms with Crippen LogP contribution >= 0.6 is 0 Å². The Morgan fingerprint density at radius 3 is 2.00 bits per heavy atom. The third-order valence-electron chi connectivity index (χ3n) is 3.14. The van der Waals surface area contributed by atoms with Crippen molar-refractivity contribution in [3.05, 3.63) is 0 Å². The van der Waals surface area contributed by atoms with E-state index in [0.717, 1.165) is 12.8 Å². The molecule has 1 atom stereocenters. The fourth-order valence-electron chi connectivity index (χ4n) is 2.01. The van der Waals surface area contributed by atoms with Gasteiger partial charge < -0.3 is 9.47 Å². The van der Waals surface area contributed by atoms with Crippen LogP contribution in [0.15, 0.2) is 0 Å². The van der Waals surface area contributed by atoms with E-state index in [9.17, 15) is 0 Å². The summed E-state index contributed by atoms with van der Waals surface area (Å²) >= 11 is 0. The molecule has 0 aliphatic heterocycles. The minimum Gasteiger partial charge on any atom is -0.359 e. The third kappa shape index (κ3) is 12.0. The molecule has 18 heavy (non-hydrogen) atoms. The van der Waals surface area contributed by atoms with Crippen LogP contribution in [-0.2, 0) is 9.47 Å². The molecular formula is C16H30O2. The maximum atomic E-state index is 5.39. The average molecular weight is 254 g/mol. The van der Waals surface area contributed by atoms with E-state index >= 15 is 0 Å². The van der Waals surface area contributed by atoms with Crippen molar-refractivity contribution in [2.75, 3.05) is 13.9 Å². The van der Waals surface area contributed by atoms with Gasteiger partial charge in [0.1, 0.15) is 12.9 Å². The second kappa shape index (κ2) is 14.5. The van der Waals surface area contributed by atoms with E-state index in [0.29, 0.717) is 6.79 Å². The number of terminal acetylenes is 1. The van der Waals surface area contributed by atoms with E-state index in [1.165, 1.54) is 51.4 Å². The van der Waals surface area contributed by atoms with E-state index < -0.39 is 0 Å². The molecule has 0 bridgehead atoms. The molecule has 0 aromatic heterocycles. The number of hydrogen-bond acceptors (Lipinski definition) is 2. The zero-order valence-corrected chi connectivity index (χ0v) is 12.2. The third-order valence-corrected chi connectivity index (χ3v) is 3.14. The Morgan fingerprint density at radius 2 is 1.50 bits per heavy atom. The maximum absolute atomic E-state index is 5.39. The van der Waals surface area contributed by atoms with E-state index in [1.54, 1.807) is 7.11 Å². The Kier molecular flexibility index (Phi) is 14.1. The monoisotopic (exact) mass is 254 g/mol. The summed E-state index contributed by atoms with van der Waals surface area (Å²) in [5, 5.41) is 0. The molecule has 0 saturated carbocycles. The van der Waals surface area contributed by atoms with Gasteiger partial charge in [0, 0.05) is 7.11 Å². The van der Waals surface area contributed by atoms with Gasteiger partial charge in [-0.15, -0.1) is 6.42 Å². The van der Waals surface area contributed by atoms with Crippen LogP contribution in [0.25, 0.3) is 0 Å². The molecule has 0 radical (unpaired) electrons. The first kappa shape index (κ1) is 17.5. The summed E-state index contributed by atoms with van der Waals surface area (Å²) in [6.45, 7) is 2.56. The standard InChI is InChI=1S/C16H30O2/c1-4-6-7-8-9-10-11-12-13-14-16(5-2)18-15-17-3/h2,16H,4,6-15H2,1,3H3. The first-order valence-corrected chi connectivity index (χ1v) is 7.41. The molecule has 2 nitrogen and oxygen atoms in total. The molecule has 0 spiro atoms. The number of unbranched alkanes of at least 4 members (excludes halogenated alkanes) is 8. The minimum atomic E-state index is -0.0745.